The summed E-state index contributed by atoms with van der Waals surface area (Å²) in [6, 6.07) is 13.4. The molecular formula is C21H28BrFN2OS. The van der Waals surface area contributed by atoms with Crippen LogP contribution >= 0.6 is 27.9 Å². The van der Waals surface area contributed by atoms with Crippen LogP contribution in [-0.2, 0) is 6.42 Å². The van der Waals surface area contributed by atoms with Gasteiger partial charge in [-0.1, -0.05) is 34.1 Å². The molecule has 3 nitrogen and oxygen atoms in total. The minimum atomic E-state index is -0.497. The minimum absolute atomic E-state index is 0.172. The van der Waals surface area contributed by atoms with Crippen LogP contribution in [-0.4, -0.2) is 41.2 Å². The van der Waals surface area contributed by atoms with Crippen molar-refractivity contribution in [2.45, 2.75) is 43.7 Å². The molecule has 2 N–H and O–H groups in total. The SMILES string of the molecule is Cc1ccc(CC(C)(C)NCC(O)CN(C)Sc2cccc(Br)c2)cc1F. The molecule has 0 spiro atoms. The maximum absolute atomic E-state index is 13.7. The largest absolute Gasteiger partial charge is 0.390 e. The maximum Gasteiger partial charge on any atom is 0.126 e. The maximum atomic E-state index is 13.7. The molecule has 0 saturated heterocycles. The fourth-order valence-electron chi connectivity index (χ4n) is 2.82. The summed E-state index contributed by atoms with van der Waals surface area (Å²) in [4.78, 5) is 1.12. The molecule has 0 heterocycles. The van der Waals surface area contributed by atoms with Crippen molar-refractivity contribution in [2.75, 3.05) is 20.1 Å². The predicted octanol–water partition coefficient (Wildman–Crippen LogP) is 4.81. The van der Waals surface area contributed by atoms with Crippen LogP contribution in [0.3, 0.4) is 0 Å². The Balaban J connectivity index is 1.80. The smallest absolute Gasteiger partial charge is 0.126 e. The van der Waals surface area contributed by atoms with E-state index in [1.165, 1.54) is 0 Å². The molecule has 2 aromatic carbocycles. The molecule has 0 aromatic heterocycles. The molecule has 0 aliphatic rings. The summed E-state index contributed by atoms with van der Waals surface area (Å²) in [5, 5.41) is 13.8. The van der Waals surface area contributed by atoms with Gasteiger partial charge in [0.25, 0.3) is 0 Å². The molecule has 148 valence electrons. The van der Waals surface area contributed by atoms with Crippen LogP contribution in [0.4, 0.5) is 4.39 Å². The van der Waals surface area contributed by atoms with Crippen LogP contribution in [0.5, 0.6) is 0 Å². The van der Waals surface area contributed by atoms with Crippen molar-refractivity contribution < 1.29 is 9.50 Å². The highest BCUT2D eigenvalue weighted by atomic mass is 79.9. The fourth-order valence-corrected chi connectivity index (χ4v) is 4.29. The predicted molar refractivity (Wildman–Crippen MR) is 116 cm³/mol. The Morgan fingerprint density at radius 1 is 1.26 bits per heavy atom. The number of aliphatic hydroxyl groups excluding tert-OH is 1. The van der Waals surface area contributed by atoms with Gasteiger partial charge in [0.2, 0.25) is 0 Å². The number of benzene rings is 2. The zero-order valence-corrected chi connectivity index (χ0v) is 18.7. The average Bonchev–Trinajstić information content (AvgIpc) is 2.56. The Labute approximate surface area is 174 Å². The quantitative estimate of drug-likeness (QED) is 0.533. The van der Waals surface area contributed by atoms with E-state index in [1.54, 1.807) is 24.9 Å². The van der Waals surface area contributed by atoms with Crippen molar-refractivity contribution in [1.82, 2.24) is 9.62 Å². The number of nitrogens with zero attached hydrogens (tertiary/aromatic N) is 1. The van der Waals surface area contributed by atoms with E-state index in [1.807, 2.05) is 41.7 Å². The van der Waals surface area contributed by atoms with E-state index >= 15 is 0 Å². The van der Waals surface area contributed by atoms with Crippen LogP contribution in [0.15, 0.2) is 51.8 Å². The summed E-state index contributed by atoms with van der Waals surface area (Å²) >= 11 is 5.07. The highest BCUT2D eigenvalue weighted by Crippen LogP contribution is 2.24. The van der Waals surface area contributed by atoms with Crippen LogP contribution in [0.2, 0.25) is 0 Å². The van der Waals surface area contributed by atoms with Crippen molar-refractivity contribution in [1.29, 1.82) is 0 Å². The summed E-state index contributed by atoms with van der Waals surface area (Å²) in [6.45, 7) is 6.92. The number of hydrogen-bond acceptors (Lipinski definition) is 4. The molecule has 0 fully saturated rings. The number of hydrogen-bond donors (Lipinski definition) is 2. The standard InChI is InChI=1S/C21H28BrFN2OS/c1-15-8-9-16(10-20(15)23)12-21(2,3)24-13-18(26)14-25(4)27-19-7-5-6-17(22)11-19/h5-11,18,24,26H,12-14H2,1-4H3. The second-order valence-corrected chi connectivity index (χ2v) is 9.73. The molecule has 0 bridgehead atoms. The van der Waals surface area contributed by atoms with Crippen LogP contribution < -0.4 is 5.32 Å². The van der Waals surface area contributed by atoms with Gasteiger partial charge in [-0.25, -0.2) is 8.70 Å². The number of aryl methyl sites for hydroxylation is 1. The van der Waals surface area contributed by atoms with E-state index in [0.717, 1.165) is 14.9 Å². The summed E-state index contributed by atoms with van der Waals surface area (Å²) < 4.78 is 16.8. The van der Waals surface area contributed by atoms with E-state index in [-0.39, 0.29) is 11.4 Å². The lowest BCUT2D eigenvalue weighted by molar-refractivity contribution is 0.142. The number of rotatable bonds is 9. The molecule has 2 aromatic rings. The van der Waals surface area contributed by atoms with Crippen molar-refractivity contribution in [3.63, 3.8) is 0 Å². The van der Waals surface area contributed by atoms with Gasteiger partial charge in [0.05, 0.1) is 6.10 Å². The van der Waals surface area contributed by atoms with Gasteiger partial charge >= 0.3 is 0 Å². The molecule has 6 heteroatoms. The highest BCUT2D eigenvalue weighted by Gasteiger charge is 2.20. The van der Waals surface area contributed by atoms with E-state index in [9.17, 15) is 9.50 Å². The lowest BCUT2D eigenvalue weighted by Crippen LogP contribution is -2.46. The van der Waals surface area contributed by atoms with E-state index < -0.39 is 6.10 Å². The van der Waals surface area contributed by atoms with Gasteiger partial charge in [0.15, 0.2) is 0 Å². The molecule has 27 heavy (non-hydrogen) atoms. The summed E-state index contributed by atoms with van der Waals surface area (Å²) in [5.41, 5.74) is 1.37. The third kappa shape index (κ3) is 7.92. The van der Waals surface area contributed by atoms with E-state index in [2.05, 4.69) is 41.2 Å². The summed E-state index contributed by atoms with van der Waals surface area (Å²) in [6.07, 6.45) is 0.197. The van der Waals surface area contributed by atoms with Gasteiger partial charge in [-0.15, -0.1) is 0 Å². The minimum Gasteiger partial charge on any atom is -0.390 e. The first-order valence-corrected chi connectivity index (χ1v) is 10.5. The van der Waals surface area contributed by atoms with E-state index in [4.69, 9.17) is 0 Å². The normalized spacial score (nSPS) is 13.2. The topological polar surface area (TPSA) is 35.5 Å². The van der Waals surface area contributed by atoms with Gasteiger partial charge in [-0.2, -0.15) is 0 Å². The molecular weight excluding hydrogens is 427 g/mol. The van der Waals surface area contributed by atoms with Crippen LogP contribution in [0.1, 0.15) is 25.0 Å². The molecule has 1 atom stereocenters. The third-order valence-electron chi connectivity index (χ3n) is 4.22. The summed E-state index contributed by atoms with van der Waals surface area (Å²) in [7, 11) is 1.97. The monoisotopic (exact) mass is 454 g/mol. The van der Waals surface area contributed by atoms with E-state index in [0.29, 0.717) is 25.1 Å². The first-order chi connectivity index (χ1) is 12.6. The highest BCUT2D eigenvalue weighted by molar-refractivity contribution is 9.10. The zero-order chi connectivity index (χ0) is 20.0. The number of likely N-dealkylation sites (N-methyl/N-ethyl adjacent to an activating group) is 1. The molecule has 0 amide bonds. The Morgan fingerprint density at radius 3 is 2.67 bits per heavy atom. The summed E-state index contributed by atoms with van der Waals surface area (Å²) in [5.74, 6) is -0.172. The Kier molecular flexibility index (Phi) is 8.31. The number of nitrogens with one attached hydrogen (secondary N) is 1. The number of aliphatic hydroxyl groups is 1. The fraction of sp³-hybridized carbons (Fsp3) is 0.429. The lowest BCUT2D eigenvalue weighted by Gasteiger charge is -2.29. The molecule has 0 aliphatic carbocycles. The van der Waals surface area contributed by atoms with Gasteiger partial charge in [0.1, 0.15) is 5.82 Å². The number of halogens is 2. The van der Waals surface area contributed by atoms with Gasteiger partial charge in [-0.3, -0.25) is 0 Å². The first kappa shape index (κ1) is 22.4. The van der Waals surface area contributed by atoms with Crippen LogP contribution in [0.25, 0.3) is 0 Å². The van der Waals surface area contributed by atoms with Gasteiger partial charge in [0, 0.05) is 28.0 Å². The second kappa shape index (κ2) is 10.0. The molecule has 1 unspecified atom stereocenters. The van der Waals surface area contributed by atoms with Crippen molar-refractivity contribution in [2.24, 2.45) is 0 Å². The van der Waals surface area contributed by atoms with Gasteiger partial charge in [-0.05, 0) is 81.6 Å². The lowest BCUT2D eigenvalue weighted by atomic mass is 9.94. The average molecular weight is 455 g/mol. The molecule has 0 saturated carbocycles. The number of β-amino-alcohol motifs (C(OH)–C–C–N with tert-alkyl or cyclic N) is 1. The molecule has 0 radical (unpaired) electrons. The molecule has 0 aliphatic heterocycles. The van der Waals surface area contributed by atoms with Gasteiger partial charge < -0.3 is 10.4 Å². The first-order valence-electron chi connectivity index (χ1n) is 8.97. The van der Waals surface area contributed by atoms with Crippen molar-refractivity contribution in [3.8, 4) is 0 Å². The second-order valence-electron chi connectivity index (χ2n) is 7.54. The van der Waals surface area contributed by atoms with Crippen LogP contribution in [0, 0.1) is 12.7 Å². The zero-order valence-electron chi connectivity index (χ0n) is 16.3. The Bertz CT molecular complexity index is 757. The van der Waals surface area contributed by atoms with Crippen molar-refractivity contribution in [3.05, 3.63) is 63.9 Å². The third-order valence-corrected chi connectivity index (χ3v) is 5.64. The molecule has 2 rings (SSSR count). The van der Waals surface area contributed by atoms with Crippen molar-refractivity contribution >= 4 is 27.9 Å². The Morgan fingerprint density at radius 2 is 2.00 bits per heavy atom. The Hall–Kier alpha value is -0.920.